The second-order valence-corrected chi connectivity index (χ2v) is 8.25. The molecule has 0 aliphatic carbocycles. The van der Waals surface area contributed by atoms with Crippen LogP contribution in [-0.4, -0.2) is 37.0 Å². The third-order valence-electron chi connectivity index (χ3n) is 5.02. The Bertz CT molecular complexity index is 1010. The number of carbonyl (C=O) groups excluding carboxylic acids is 2. The van der Waals surface area contributed by atoms with Crippen molar-refractivity contribution in [1.29, 1.82) is 0 Å². The molecule has 1 amide bonds. The molecule has 7 heteroatoms. The third kappa shape index (κ3) is 6.48. The fourth-order valence-electron chi connectivity index (χ4n) is 3.36. The van der Waals surface area contributed by atoms with Crippen LogP contribution in [0.15, 0.2) is 71.3 Å². The summed E-state index contributed by atoms with van der Waals surface area (Å²) in [6, 6.07) is 18.6. The maximum absolute atomic E-state index is 13.2. The summed E-state index contributed by atoms with van der Waals surface area (Å²) < 4.78 is 10.2. The maximum Gasteiger partial charge on any atom is 0.328 e. The van der Waals surface area contributed by atoms with Crippen LogP contribution in [0.2, 0.25) is 0 Å². The third-order valence-corrected chi connectivity index (χ3v) is 5.67. The molecule has 0 spiro atoms. The van der Waals surface area contributed by atoms with Crippen molar-refractivity contribution in [2.75, 3.05) is 19.1 Å². The van der Waals surface area contributed by atoms with Gasteiger partial charge in [-0.25, -0.2) is 4.79 Å². The van der Waals surface area contributed by atoms with E-state index >= 15 is 0 Å². The minimum Gasteiger partial charge on any atom is -0.468 e. The Morgan fingerprint density at radius 3 is 2.56 bits per heavy atom. The van der Waals surface area contributed by atoms with Gasteiger partial charge in [0.2, 0.25) is 0 Å². The number of furan rings is 1. The average molecular weight is 453 g/mol. The van der Waals surface area contributed by atoms with Crippen LogP contribution in [0.1, 0.15) is 28.1 Å². The first-order chi connectivity index (χ1) is 15.6. The van der Waals surface area contributed by atoms with Gasteiger partial charge >= 0.3 is 5.97 Å². The van der Waals surface area contributed by atoms with Gasteiger partial charge in [0, 0.05) is 12.1 Å². The topological polar surface area (TPSA) is 80.6 Å². The number of rotatable bonds is 11. The van der Waals surface area contributed by atoms with E-state index in [4.69, 9.17) is 9.15 Å². The van der Waals surface area contributed by atoms with Crippen molar-refractivity contribution in [3.05, 3.63) is 83.8 Å². The normalized spacial score (nSPS) is 11.7. The summed E-state index contributed by atoms with van der Waals surface area (Å²) in [4.78, 5) is 25.3. The van der Waals surface area contributed by atoms with Gasteiger partial charge in [-0.2, -0.15) is 11.8 Å². The first kappa shape index (κ1) is 23.6. The van der Waals surface area contributed by atoms with E-state index in [0.717, 1.165) is 28.2 Å². The zero-order valence-electron chi connectivity index (χ0n) is 18.3. The zero-order chi connectivity index (χ0) is 22.8. The Labute approximate surface area is 192 Å². The molecule has 3 rings (SSSR count). The molecule has 0 radical (unpaired) electrons. The van der Waals surface area contributed by atoms with Crippen molar-refractivity contribution < 1.29 is 18.7 Å². The fourth-order valence-corrected chi connectivity index (χ4v) is 3.83. The molecule has 3 aromatic rings. The van der Waals surface area contributed by atoms with Crippen LogP contribution in [0, 0.1) is 0 Å². The van der Waals surface area contributed by atoms with Crippen LogP contribution in [0.4, 0.5) is 0 Å². The standard InChI is InChI=1S/C25H28N2O4S/c1-30-25(29)23(12-14-32-2)27-24(28)21-11-10-18(16-26-17-20-9-6-13-31-20)15-22(21)19-7-4-3-5-8-19/h3-11,13,15,23,26H,12,14,16-17H2,1-2H3,(H,27,28)/t23-/m0/s1. The average Bonchev–Trinajstić information content (AvgIpc) is 3.35. The summed E-state index contributed by atoms with van der Waals surface area (Å²) in [5.74, 6) is 0.873. The van der Waals surface area contributed by atoms with E-state index in [1.54, 1.807) is 18.0 Å². The second kappa shape index (κ2) is 12.1. The lowest BCUT2D eigenvalue weighted by molar-refractivity contribution is -0.142. The molecule has 6 nitrogen and oxygen atoms in total. The number of hydrogen-bond acceptors (Lipinski definition) is 6. The summed E-state index contributed by atoms with van der Waals surface area (Å²) in [7, 11) is 1.33. The Morgan fingerprint density at radius 2 is 1.88 bits per heavy atom. The minimum atomic E-state index is -0.682. The molecule has 1 aromatic heterocycles. The van der Waals surface area contributed by atoms with Crippen LogP contribution in [-0.2, 0) is 22.6 Å². The summed E-state index contributed by atoms with van der Waals surface area (Å²) in [5.41, 5.74) is 3.31. The number of thioether (sulfide) groups is 1. The van der Waals surface area contributed by atoms with E-state index in [2.05, 4.69) is 10.6 Å². The first-order valence-electron chi connectivity index (χ1n) is 10.4. The van der Waals surface area contributed by atoms with Crippen LogP contribution >= 0.6 is 11.8 Å². The van der Waals surface area contributed by atoms with Crippen molar-refractivity contribution in [3.8, 4) is 11.1 Å². The number of hydrogen-bond donors (Lipinski definition) is 2. The van der Waals surface area contributed by atoms with Gasteiger partial charge in [-0.3, -0.25) is 4.79 Å². The van der Waals surface area contributed by atoms with Crippen molar-refractivity contribution >= 4 is 23.6 Å². The molecule has 0 saturated carbocycles. The highest BCUT2D eigenvalue weighted by Gasteiger charge is 2.23. The molecule has 0 bridgehead atoms. The molecule has 32 heavy (non-hydrogen) atoms. The highest BCUT2D eigenvalue weighted by atomic mass is 32.2. The number of methoxy groups -OCH3 is 1. The lowest BCUT2D eigenvalue weighted by atomic mass is 9.96. The maximum atomic E-state index is 13.2. The van der Waals surface area contributed by atoms with Gasteiger partial charge in [0.05, 0.1) is 19.9 Å². The van der Waals surface area contributed by atoms with Crippen molar-refractivity contribution in [3.63, 3.8) is 0 Å². The van der Waals surface area contributed by atoms with Crippen LogP contribution in [0.5, 0.6) is 0 Å². The predicted molar refractivity (Wildman–Crippen MR) is 127 cm³/mol. The number of amides is 1. The van der Waals surface area contributed by atoms with Gasteiger partial charge in [0.15, 0.2) is 0 Å². The number of benzene rings is 2. The molecule has 0 fully saturated rings. The van der Waals surface area contributed by atoms with Gasteiger partial charge in [-0.15, -0.1) is 0 Å². The molecule has 1 heterocycles. The highest BCUT2D eigenvalue weighted by Crippen LogP contribution is 2.25. The Hall–Kier alpha value is -3.03. The summed E-state index contributed by atoms with van der Waals surface area (Å²) in [6.45, 7) is 1.24. The van der Waals surface area contributed by atoms with Gasteiger partial charge in [-0.05, 0) is 59.4 Å². The predicted octanol–water partition coefficient (Wildman–Crippen LogP) is 4.26. The lowest BCUT2D eigenvalue weighted by Gasteiger charge is -2.18. The van der Waals surface area contributed by atoms with E-state index < -0.39 is 12.0 Å². The second-order valence-electron chi connectivity index (χ2n) is 7.26. The van der Waals surface area contributed by atoms with Crippen molar-refractivity contribution in [1.82, 2.24) is 10.6 Å². The van der Waals surface area contributed by atoms with E-state index in [1.165, 1.54) is 7.11 Å². The van der Waals surface area contributed by atoms with Crippen molar-refractivity contribution in [2.24, 2.45) is 0 Å². The molecule has 2 aromatic carbocycles. The molecule has 168 valence electrons. The van der Waals surface area contributed by atoms with Gasteiger partial charge in [0.1, 0.15) is 11.8 Å². The summed E-state index contributed by atoms with van der Waals surface area (Å²) >= 11 is 1.62. The van der Waals surface area contributed by atoms with Gasteiger partial charge < -0.3 is 19.8 Å². The number of nitrogens with one attached hydrogen (secondary N) is 2. The summed E-state index contributed by atoms with van der Waals surface area (Å²) in [6.07, 6.45) is 4.12. The van der Waals surface area contributed by atoms with Crippen LogP contribution < -0.4 is 10.6 Å². The van der Waals surface area contributed by atoms with Crippen LogP contribution in [0.3, 0.4) is 0 Å². The van der Waals surface area contributed by atoms with E-state index in [1.807, 2.05) is 66.9 Å². The molecular formula is C25H28N2O4S. The van der Waals surface area contributed by atoms with E-state index in [9.17, 15) is 9.59 Å². The van der Waals surface area contributed by atoms with Crippen LogP contribution in [0.25, 0.3) is 11.1 Å². The molecule has 0 unspecified atom stereocenters. The number of carbonyl (C=O) groups is 2. The van der Waals surface area contributed by atoms with Gasteiger partial charge in [-0.1, -0.05) is 36.4 Å². The van der Waals surface area contributed by atoms with E-state index in [-0.39, 0.29) is 5.91 Å². The lowest BCUT2D eigenvalue weighted by Crippen LogP contribution is -2.42. The van der Waals surface area contributed by atoms with E-state index in [0.29, 0.717) is 25.1 Å². The molecule has 0 aliphatic heterocycles. The molecule has 1 atom stereocenters. The smallest absolute Gasteiger partial charge is 0.328 e. The monoisotopic (exact) mass is 452 g/mol. The SMILES string of the molecule is COC(=O)[C@H](CCSC)NC(=O)c1ccc(CNCc2ccco2)cc1-c1ccccc1. The molecular weight excluding hydrogens is 424 g/mol. The minimum absolute atomic E-state index is 0.296. The highest BCUT2D eigenvalue weighted by molar-refractivity contribution is 7.98. The molecule has 0 saturated heterocycles. The Kier molecular flexibility index (Phi) is 8.95. The number of ether oxygens (including phenoxy) is 1. The molecule has 0 aliphatic rings. The fraction of sp³-hybridized carbons (Fsp3) is 0.280. The molecule has 2 N–H and O–H groups in total. The Morgan fingerprint density at radius 1 is 1.06 bits per heavy atom. The van der Waals surface area contributed by atoms with Crippen molar-refractivity contribution in [2.45, 2.75) is 25.6 Å². The largest absolute Gasteiger partial charge is 0.468 e. The Balaban J connectivity index is 1.81. The number of esters is 1. The first-order valence-corrected chi connectivity index (χ1v) is 11.8. The quantitative estimate of drug-likeness (QED) is 0.423. The summed E-state index contributed by atoms with van der Waals surface area (Å²) in [5, 5.41) is 6.21. The zero-order valence-corrected chi connectivity index (χ0v) is 19.1. The van der Waals surface area contributed by atoms with Gasteiger partial charge in [0.25, 0.3) is 5.91 Å².